The number of carbonyl (C=O) groups is 1. The number of nitrogens with zero attached hydrogens (tertiary/aromatic N) is 2. The number of benzene rings is 3. The summed E-state index contributed by atoms with van der Waals surface area (Å²) in [6.07, 6.45) is 3.95. The summed E-state index contributed by atoms with van der Waals surface area (Å²) in [6, 6.07) is 22.1. The van der Waals surface area contributed by atoms with E-state index in [0.29, 0.717) is 40.8 Å². The van der Waals surface area contributed by atoms with Crippen molar-refractivity contribution in [2.45, 2.75) is 25.5 Å². The maximum absolute atomic E-state index is 13.7. The van der Waals surface area contributed by atoms with Crippen molar-refractivity contribution in [2.75, 3.05) is 11.5 Å². The van der Waals surface area contributed by atoms with Gasteiger partial charge in [0.15, 0.2) is 5.60 Å². The maximum atomic E-state index is 13.7. The number of hydrogen-bond donors (Lipinski definition) is 3. The molecule has 1 aliphatic rings. The van der Waals surface area contributed by atoms with Crippen LogP contribution in [0.1, 0.15) is 24.5 Å². The minimum atomic E-state index is -1.82. The van der Waals surface area contributed by atoms with E-state index in [4.69, 9.17) is 5.11 Å². The SMILES string of the molecule is C[C@H](/C=C/CCO)[C@@]1(O)C(=O)N(Cc2ccccc2)c2ccc(-n3[nH]c4ccccc4c3=O)cc21. The summed E-state index contributed by atoms with van der Waals surface area (Å²) in [5, 5.41) is 24.7. The number of aliphatic hydroxyl groups is 2. The second-order valence-corrected chi connectivity index (χ2v) is 8.87. The van der Waals surface area contributed by atoms with Crippen LogP contribution in [0.2, 0.25) is 0 Å². The molecule has 0 fully saturated rings. The standard InChI is InChI=1S/C28H27N3O4/c1-19(9-7-8-16-32)28(35)23-17-21(31-26(33)22-12-5-6-13-24(22)29-31)14-15-25(23)30(27(28)34)18-20-10-3-2-4-11-20/h2-7,9-15,17,19,29,32,35H,8,16,18H2,1H3/b9-7+/t19-,28+/m1/s1. The first-order valence-corrected chi connectivity index (χ1v) is 11.7. The average molecular weight is 470 g/mol. The molecule has 1 amide bonds. The molecule has 3 aromatic carbocycles. The zero-order valence-corrected chi connectivity index (χ0v) is 19.4. The summed E-state index contributed by atoms with van der Waals surface area (Å²) < 4.78 is 1.43. The average Bonchev–Trinajstić information content (AvgIpc) is 3.33. The van der Waals surface area contributed by atoms with E-state index >= 15 is 0 Å². The van der Waals surface area contributed by atoms with Crippen molar-refractivity contribution in [3.05, 3.63) is 106 Å². The summed E-state index contributed by atoms with van der Waals surface area (Å²) >= 11 is 0. The van der Waals surface area contributed by atoms with E-state index in [1.165, 1.54) is 4.68 Å². The number of fused-ring (bicyclic) bond motifs is 2. The fourth-order valence-corrected chi connectivity index (χ4v) is 4.75. The van der Waals surface area contributed by atoms with Crippen LogP contribution in [0.15, 0.2) is 89.7 Å². The summed E-state index contributed by atoms with van der Waals surface area (Å²) in [5.41, 5.74) is 1.21. The molecule has 0 saturated heterocycles. The van der Waals surface area contributed by atoms with Crippen molar-refractivity contribution in [1.29, 1.82) is 0 Å². The van der Waals surface area contributed by atoms with Crippen LogP contribution in [0.5, 0.6) is 0 Å². The molecular weight excluding hydrogens is 442 g/mol. The second-order valence-electron chi connectivity index (χ2n) is 8.87. The number of hydrogen-bond acceptors (Lipinski definition) is 4. The molecule has 5 rings (SSSR count). The molecule has 0 radical (unpaired) electrons. The fraction of sp³-hybridized carbons (Fsp3) is 0.214. The molecule has 7 heteroatoms. The van der Waals surface area contributed by atoms with Crippen LogP contribution < -0.4 is 10.5 Å². The number of carbonyl (C=O) groups excluding carboxylic acids is 1. The van der Waals surface area contributed by atoms with Gasteiger partial charge in [-0.1, -0.05) is 61.5 Å². The Morgan fingerprint density at radius 1 is 1.03 bits per heavy atom. The molecule has 1 aromatic heterocycles. The van der Waals surface area contributed by atoms with E-state index in [0.717, 1.165) is 5.56 Å². The topological polar surface area (TPSA) is 98.6 Å². The van der Waals surface area contributed by atoms with Crippen LogP contribution in [0.3, 0.4) is 0 Å². The summed E-state index contributed by atoms with van der Waals surface area (Å²) in [6.45, 7) is 2.08. The third kappa shape index (κ3) is 3.79. The number of aromatic amines is 1. The van der Waals surface area contributed by atoms with Gasteiger partial charge in [-0.15, -0.1) is 0 Å². The van der Waals surface area contributed by atoms with Gasteiger partial charge in [0, 0.05) is 18.1 Å². The quantitative estimate of drug-likeness (QED) is 0.360. The minimum Gasteiger partial charge on any atom is -0.396 e. The van der Waals surface area contributed by atoms with E-state index < -0.39 is 17.4 Å². The van der Waals surface area contributed by atoms with E-state index in [1.54, 1.807) is 48.2 Å². The van der Waals surface area contributed by atoms with E-state index in [9.17, 15) is 14.7 Å². The Balaban J connectivity index is 1.64. The number of H-pyrrole nitrogens is 1. The van der Waals surface area contributed by atoms with Gasteiger partial charge in [-0.25, -0.2) is 4.68 Å². The third-order valence-electron chi connectivity index (χ3n) is 6.67. The van der Waals surface area contributed by atoms with E-state index in [2.05, 4.69) is 5.10 Å². The smallest absolute Gasteiger partial charge is 0.279 e. The molecule has 1 aliphatic heterocycles. The molecule has 0 aliphatic carbocycles. The van der Waals surface area contributed by atoms with Crippen molar-refractivity contribution in [1.82, 2.24) is 9.78 Å². The van der Waals surface area contributed by atoms with Gasteiger partial charge in [0.2, 0.25) is 0 Å². The first kappa shape index (κ1) is 22.8. The molecule has 0 saturated carbocycles. The van der Waals surface area contributed by atoms with Crippen molar-refractivity contribution >= 4 is 22.5 Å². The predicted octanol–water partition coefficient (Wildman–Crippen LogP) is 3.63. The highest BCUT2D eigenvalue weighted by atomic mass is 16.3. The van der Waals surface area contributed by atoms with Crippen molar-refractivity contribution in [3.63, 3.8) is 0 Å². The van der Waals surface area contributed by atoms with Gasteiger partial charge in [-0.05, 0) is 42.3 Å². The first-order chi connectivity index (χ1) is 16.9. The number of rotatable bonds is 7. The Morgan fingerprint density at radius 2 is 1.77 bits per heavy atom. The Labute approximate surface area is 202 Å². The molecule has 0 bridgehead atoms. The number of aliphatic hydroxyl groups excluding tert-OH is 1. The lowest BCUT2D eigenvalue weighted by atomic mass is 9.82. The number of amides is 1. The second kappa shape index (κ2) is 9.02. The van der Waals surface area contributed by atoms with Crippen LogP contribution in [0.25, 0.3) is 16.6 Å². The maximum Gasteiger partial charge on any atom is 0.279 e. The van der Waals surface area contributed by atoms with Crippen molar-refractivity contribution in [2.24, 2.45) is 5.92 Å². The van der Waals surface area contributed by atoms with E-state index in [-0.39, 0.29) is 12.2 Å². The monoisotopic (exact) mass is 469 g/mol. The van der Waals surface area contributed by atoms with Gasteiger partial charge >= 0.3 is 0 Å². The summed E-state index contributed by atoms with van der Waals surface area (Å²) in [7, 11) is 0. The highest BCUT2D eigenvalue weighted by Crippen LogP contribution is 2.46. The molecule has 2 heterocycles. The Morgan fingerprint density at radius 3 is 2.51 bits per heavy atom. The lowest BCUT2D eigenvalue weighted by Gasteiger charge is -2.28. The van der Waals surface area contributed by atoms with Gasteiger partial charge in [0.25, 0.3) is 11.5 Å². The zero-order chi connectivity index (χ0) is 24.6. The number of anilines is 1. The van der Waals surface area contributed by atoms with Crippen LogP contribution in [-0.2, 0) is 16.9 Å². The van der Waals surface area contributed by atoms with E-state index in [1.807, 2.05) is 48.5 Å². The summed E-state index contributed by atoms with van der Waals surface area (Å²) in [4.78, 5) is 28.4. The molecule has 35 heavy (non-hydrogen) atoms. The minimum absolute atomic E-state index is 0.0141. The zero-order valence-electron chi connectivity index (χ0n) is 19.4. The number of aromatic nitrogens is 2. The largest absolute Gasteiger partial charge is 0.396 e. The normalized spacial score (nSPS) is 18.5. The van der Waals surface area contributed by atoms with Crippen LogP contribution in [0, 0.1) is 5.92 Å². The molecule has 7 nitrogen and oxygen atoms in total. The van der Waals surface area contributed by atoms with Gasteiger partial charge in [0.1, 0.15) is 0 Å². The molecule has 178 valence electrons. The van der Waals surface area contributed by atoms with Crippen LogP contribution in [0.4, 0.5) is 5.69 Å². The van der Waals surface area contributed by atoms with Gasteiger partial charge in [-0.2, -0.15) is 0 Å². The molecule has 2 atom stereocenters. The molecule has 0 spiro atoms. The van der Waals surface area contributed by atoms with Gasteiger partial charge < -0.3 is 15.1 Å². The molecule has 0 unspecified atom stereocenters. The lowest BCUT2D eigenvalue weighted by Crippen LogP contribution is -2.44. The van der Waals surface area contributed by atoms with Crippen molar-refractivity contribution < 1.29 is 15.0 Å². The van der Waals surface area contributed by atoms with Crippen LogP contribution in [-0.4, -0.2) is 32.5 Å². The molecule has 3 N–H and O–H groups in total. The van der Waals surface area contributed by atoms with Gasteiger partial charge in [0.05, 0.1) is 28.8 Å². The number of para-hydroxylation sites is 1. The Bertz CT molecular complexity index is 1470. The highest BCUT2D eigenvalue weighted by molar-refractivity contribution is 6.07. The predicted molar refractivity (Wildman–Crippen MR) is 135 cm³/mol. The fourth-order valence-electron chi connectivity index (χ4n) is 4.75. The third-order valence-corrected chi connectivity index (χ3v) is 6.67. The lowest BCUT2D eigenvalue weighted by molar-refractivity contribution is -0.139. The first-order valence-electron chi connectivity index (χ1n) is 11.7. The molecular formula is C28H27N3O4. The molecule has 4 aromatic rings. The highest BCUT2D eigenvalue weighted by Gasteiger charge is 2.52. The van der Waals surface area contributed by atoms with Crippen molar-refractivity contribution in [3.8, 4) is 5.69 Å². The Hall–Kier alpha value is -3.94. The van der Waals surface area contributed by atoms with Crippen LogP contribution >= 0.6 is 0 Å². The number of nitrogens with one attached hydrogen (secondary N) is 1. The van der Waals surface area contributed by atoms with Gasteiger partial charge in [-0.3, -0.25) is 14.7 Å². The summed E-state index contributed by atoms with van der Waals surface area (Å²) in [5.74, 6) is -0.977. The Kier molecular flexibility index (Phi) is 5.88.